The third-order valence-electron chi connectivity index (χ3n) is 2.93. The van der Waals surface area contributed by atoms with Gasteiger partial charge in [0.1, 0.15) is 5.82 Å². The number of nitrogens with zero attached hydrogens (tertiary/aromatic N) is 2. The van der Waals surface area contributed by atoms with E-state index in [2.05, 4.69) is 57.8 Å². The summed E-state index contributed by atoms with van der Waals surface area (Å²) >= 11 is 0. The van der Waals surface area contributed by atoms with Crippen LogP contribution in [0.15, 0.2) is 18.2 Å². The van der Waals surface area contributed by atoms with Crippen molar-refractivity contribution in [1.82, 2.24) is 9.97 Å². The van der Waals surface area contributed by atoms with Crippen molar-refractivity contribution < 1.29 is 0 Å². The van der Waals surface area contributed by atoms with Gasteiger partial charge in [-0.05, 0) is 18.6 Å². The van der Waals surface area contributed by atoms with Crippen molar-refractivity contribution in [2.45, 2.75) is 46.5 Å². The van der Waals surface area contributed by atoms with Crippen molar-refractivity contribution >= 4 is 10.9 Å². The standard InChI is InChI=1S/C15H20N2/c1-6-13-16-12-9-10(2)7-8-11(12)14(17-13)15(3,4)5/h7-9H,6H2,1-5H3. The fourth-order valence-corrected chi connectivity index (χ4v) is 2.02. The number of benzene rings is 1. The smallest absolute Gasteiger partial charge is 0.129 e. The van der Waals surface area contributed by atoms with Crippen LogP contribution < -0.4 is 0 Å². The topological polar surface area (TPSA) is 25.8 Å². The second-order valence-electron chi connectivity index (χ2n) is 5.61. The van der Waals surface area contributed by atoms with Crippen LogP contribution in [-0.2, 0) is 11.8 Å². The zero-order valence-corrected chi connectivity index (χ0v) is 11.3. The highest BCUT2D eigenvalue weighted by molar-refractivity contribution is 5.82. The first kappa shape index (κ1) is 12.0. The Morgan fingerprint density at radius 3 is 2.41 bits per heavy atom. The fourth-order valence-electron chi connectivity index (χ4n) is 2.02. The van der Waals surface area contributed by atoms with Crippen LogP contribution in [0.4, 0.5) is 0 Å². The molecule has 0 saturated heterocycles. The molecule has 0 unspecified atom stereocenters. The summed E-state index contributed by atoms with van der Waals surface area (Å²) in [5.41, 5.74) is 3.53. The van der Waals surface area contributed by atoms with Crippen LogP contribution in [0.25, 0.3) is 10.9 Å². The van der Waals surface area contributed by atoms with Gasteiger partial charge in [-0.15, -0.1) is 0 Å². The number of aromatic nitrogens is 2. The number of fused-ring (bicyclic) bond motifs is 1. The molecule has 2 nitrogen and oxygen atoms in total. The second-order valence-corrected chi connectivity index (χ2v) is 5.61. The van der Waals surface area contributed by atoms with Gasteiger partial charge in [0, 0.05) is 17.2 Å². The SMILES string of the molecule is CCc1nc(C(C)(C)C)c2ccc(C)cc2n1. The molecule has 1 aromatic heterocycles. The van der Waals surface area contributed by atoms with Crippen LogP contribution in [0.5, 0.6) is 0 Å². The Morgan fingerprint density at radius 2 is 1.82 bits per heavy atom. The van der Waals surface area contributed by atoms with Gasteiger partial charge in [0.25, 0.3) is 0 Å². The van der Waals surface area contributed by atoms with E-state index in [0.717, 1.165) is 23.5 Å². The van der Waals surface area contributed by atoms with Crippen LogP contribution in [0.2, 0.25) is 0 Å². The molecule has 2 aromatic rings. The lowest BCUT2D eigenvalue weighted by Crippen LogP contribution is -2.16. The quantitative estimate of drug-likeness (QED) is 0.742. The largest absolute Gasteiger partial charge is 0.237 e. The van der Waals surface area contributed by atoms with Gasteiger partial charge in [-0.3, -0.25) is 0 Å². The zero-order chi connectivity index (χ0) is 12.6. The van der Waals surface area contributed by atoms with Crippen molar-refractivity contribution in [1.29, 1.82) is 0 Å². The third kappa shape index (κ3) is 2.31. The molecule has 0 atom stereocenters. The van der Waals surface area contributed by atoms with E-state index in [4.69, 9.17) is 4.98 Å². The molecule has 2 heteroatoms. The van der Waals surface area contributed by atoms with Crippen LogP contribution >= 0.6 is 0 Å². The maximum Gasteiger partial charge on any atom is 0.129 e. The summed E-state index contributed by atoms with van der Waals surface area (Å²) in [5, 5.41) is 1.18. The lowest BCUT2D eigenvalue weighted by molar-refractivity contribution is 0.570. The molecule has 0 amide bonds. The van der Waals surface area contributed by atoms with Gasteiger partial charge < -0.3 is 0 Å². The van der Waals surface area contributed by atoms with E-state index in [1.165, 1.54) is 10.9 Å². The first-order chi connectivity index (χ1) is 7.91. The summed E-state index contributed by atoms with van der Waals surface area (Å²) in [6, 6.07) is 6.42. The second kappa shape index (κ2) is 4.10. The predicted molar refractivity (Wildman–Crippen MR) is 72.4 cm³/mol. The Kier molecular flexibility index (Phi) is 2.90. The molecule has 0 fully saturated rings. The van der Waals surface area contributed by atoms with Gasteiger partial charge >= 0.3 is 0 Å². The predicted octanol–water partition coefficient (Wildman–Crippen LogP) is 3.80. The maximum absolute atomic E-state index is 4.71. The molecule has 0 bridgehead atoms. The highest BCUT2D eigenvalue weighted by Gasteiger charge is 2.20. The average Bonchev–Trinajstić information content (AvgIpc) is 2.25. The summed E-state index contributed by atoms with van der Waals surface area (Å²) < 4.78 is 0. The highest BCUT2D eigenvalue weighted by atomic mass is 14.9. The Balaban J connectivity index is 2.81. The van der Waals surface area contributed by atoms with Gasteiger partial charge in [0.2, 0.25) is 0 Å². The molecule has 17 heavy (non-hydrogen) atoms. The van der Waals surface area contributed by atoms with Crippen molar-refractivity contribution in [2.24, 2.45) is 0 Å². The van der Waals surface area contributed by atoms with Crippen molar-refractivity contribution in [3.8, 4) is 0 Å². The average molecular weight is 228 g/mol. The van der Waals surface area contributed by atoms with E-state index in [0.29, 0.717) is 0 Å². The normalized spacial score (nSPS) is 12.1. The zero-order valence-electron chi connectivity index (χ0n) is 11.3. The minimum absolute atomic E-state index is 0.0559. The number of aryl methyl sites for hydroxylation is 2. The summed E-state index contributed by atoms with van der Waals surface area (Å²) in [4.78, 5) is 9.33. The first-order valence-corrected chi connectivity index (χ1v) is 6.19. The van der Waals surface area contributed by atoms with E-state index < -0.39 is 0 Å². The number of hydrogen-bond donors (Lipinski definition) is 0. The van der Waals surface area contributed by atoms with Crippen LogP contribution in [0, 0.1) is 6.92 Å². The Hall–Kier alpha value is -1.44. The maximum atomic E-state index is 4.71. The van der Waals surface area contributed by atoms with Gasteiger partial charge in [-0.2, -0.15) is 0 Å². The van der Waals surface area contributed by atoms with Gasteiger partial charge in [-0.25, -0.2) is 9.97 Å². The van der Waals surface area contributed by atoms with Crippen molar-refractivity contribution in [2.75, 3.05) is 0 Å². The minimum Gasteiger partial charge on any atom is -0.237 e. The van der Waals surface area contributed by atoms with Crippen molar-refractivity contribution in [3.63, 3.8) is 0 Å². The molecule has 0 radical (unpaired) electrons. The molecule has 0 aliphatic heterocycles. The van der Waals surface area contributed by atoms with Crippen molar-refractivity contribution in [3.05, 3.63) is 35.3 Å². The van der Waals surface area contributed by atoms with Crippen LogP contribution in [-0.4, -0.2) is 9.97 Å². The first-order valence-electron chi connectivity index (χ1n) is 6.19. The van der Waals surface area contributed by atoms with Gasteiger partial charge in [-0.1, -0.05) is 39.8 Å². The molecule has 90 valence electrons. The Bertz CT molecular complexity index is 551. The molecular formula is C15H20N2. The minimum atomic E-state index is 0.0559. The van der Waals surface area contributed by atoms with Crippen LogP contribution in [0.3, 0.4) is 0 Å². The monoisotopic (exact) mass is 228 g/mol. The number of rotatable bonds is 1. The van der Waals surface area contributed by atoms with Gasteiger partial charge in [0.05, 0.1) is 11.2 Å². The molecule has 0 spiro atoms. The van der Waals surface area contributed by atoms with E-state index in [9.17, 15) is 0 Å². The highest BCUT2D eigenvalue weighted by Crippen LogP contribution is 2.28. The lowest BCUT2D eigenvalue weighted by Gasteiger charge is -2.20. The Labute approximate surface area is 103 Å². The molecular weight excluding hydrogens is 208 g/mol. The molecule has 1 heterocycles. The van der Waals surface area contributed by atoms with E-state index in [-0.39, 0.29) is 5.41 Å². The number of hydrogen-bond acceptors (Lipinski definition) is 2. The molecule has 0 aliphatic rings. The Morgan fingerprint density at radius 1 is 1.12 bits per heavy atom. The van der Waals surface area contributed by atoms with E-state index in [1.807, 2.05) is 0 Å². The van der Waals surface area contributed by atoms with Crippen LogP contribution in [0.1, 0.15) is 44.8 Å². The lowest BCUT2D eigenvalue weighted by atomic mass is 9.89. The summed E-state index contributed by atoms with van der Waals surface area (Å²) in [5.74, 6) is 0.938. The molecule has 2 rings (SSSR count). The molecule has 0 N–H and O–H groups in total. The summed E-state index contributed by atoms with van der Waals surface area (Å²) in [6.45, 7) is 10.8. The molecule has 1 aromatic carbocycles. The summed E-state index contributed by atoms with van der Waals surface area (Å²) in [7, 11) is 0. The van der Waals surface area contributed by atoms with E-state index >= 15 is 0 Å². The molecule has 0 aliphatic carbocycles. The van der Waals surface area contributed by atoms with Gasteiger partial charge in [0.15, 0.2) is 0 Å². The van der Waals surface area contributed by atoms with E-state index in [1.54, 1.807) is 0 Å². The summed E-state index contributed by atoms with van der Waals surface area (Å²) in [6.07, 6.45) is 0.882. The fraction of sp³-hybridized carbons (Fsp3) is 0.467. The third-order valence-corrected chi connectivity index (χ3v) is 2.93. The molecule has 0 saturated carbocycles.